The summed E-state index contributed by atoms with van der Waals surface area (Å²) in [5, 5.41) is 11.4. The number of carbonyl (C=O) groups is 1. The zero-order valence-electron chi connectivity index (χ0n) is 16.7. The van der Waals surface area contributed by atoms with E-state index in [0.29, 0.717) is 23.9 Å². The van der Waals surface area contributed by atoms with Gasteiger partial charge in [0.2, 0.25) is 0 Å². The van der Waals surface area contributed by atoms with Gasteiger partial charge in [0.1, 0.15) is 5.75 Å². The molecule has 7 nitrogen and oxygen atoms in total. The fraction of sp³-hybridized carbons (Fsp3) is 0.550. The monoisotopic (exact) mass is 407 g/mol. The molecule has 1 amide bonds. The van der Waals surface area contributed by atoms with Crippen LogP contribution in [-0.2, 0) is 0 Å². The number of amides is 1. The maximum absolute atomic E-state index is 12.7. The minimum Gasteiger partial charge on any atom is -0.491 e. The number of rotatable bonds is 6. The molecule has 0 bridgehead atoms. The van der Waals surface area contributed by atoms with Crippen molar-refractivity contribution in [2.45, 2.75) is 58.6 Å². The number of nitrogens with zero attached hydrogens (tertiary/aromatic N) is 3. The molecule has 3 rings (SSSR count). The molecule has 28 heavy (non-hydrogen) atoms. The maximum atomic E-state index is 12.7. The highest BCUT2D eigenvalue weighted by atomic mass is 35.5. The van der Waals surface area contributed by atoms with Crippen LogP contribution in [0, 0.1) is 12.8 Å². The van der Waals surface area contributed by atoms with Crippen molar-refractivity contribution < 1.29 is 9.53 Å². The summed E-state index contributed by atoms with van der Waals surface area (Å²) in [5.41, 5.74) is 7.78. The average molecular weight is 408 g/mol. The molecule has 0 radical (unpaired) electrons. The Morgan fingerprint density at radius 2 is 1.96 bits per heavy atom. The maximum Gasteiger partial charge on any atom is 0.273 e. The normalized spacial score (nSPS) is 19.2. The molecular formula is C20H30ClN5O2. The topological polar surface area (TPSA) is 95.1 Å². The lowest BCUT2D eigenvalue weighted by Gasteiger charge is -2.31. The molecular weight excluding hydrogens is 378 g/mol. The van der Waals surface area contributed by atoms with Gasteiger partial charge < -0.3 is 15.8 Å². The molecule has 2 atom stereocenters. The Labute approximate surface area is 172 Å². The van der Waals surface area contributed by atoms with Crippen LogP contribution in [0.3, 0.4) is 0 Å². The van der Waals surface area contributed by atoms with Gasteiger partial charge >= 0.3 is 0 Å². The van der Waals surface area contributed by atoms with Gasteiger partial charge in [0.05, 0.1) is 17.5 Å². The standard InChI is InChI=1S/C20H29N5O2.ClH/c1-13(2)27-17-10-8-16(9-11-17)25-14(3)19(23-24-25)20(26)22-18-7-5-4-6-15(18)12-21;/h8-11,13,15,18H,4-7,12,21H2,1-3H3,(H,22,26);1H. The molecule has 0 saturated heterocycles. The number of aromatic nitrogens is 3. The summed E-state index contributed by atoms with van der Waals surface area (Å²) in [5.74, 6) is 0.963. The lowest BCUT2D eigenvalue weighted by atomic mass is 9.84. The van der Waals surface area contributed by atoms with E-state index in [1.165, 1.54) is 6.42 Å². The molecule has 0 spiro atoms. The van der Waals surface area contributed by atoms with Gasteiger partial charge in [-0.2, -0.15) is 0 Å². The Bertz CT molecular complexity index is 775. The molecule has 3 N–H and O–H groups in total. The molecule has 1 saturated carbocycles. The number of hydrogen-bond donors (Lipinski definition) is 2. The van der Waals surface area contributed by atoms with Crippen LogP contribution in [0.5, 0.6) is 5.75 Å². The molecule has 2 aromatic rings. The Hall–Kier alpha value is -2.12. The van der Waals surface area contributed by atoms with E-state index in [1.807, 2.05) is 45.0 Å². The van der Waals surface area contributed by atoms with Gasteiger partial charge in [0.25, 0.3) is 5.91 Å². The van der Waals surface area contributed by atoms with Gasteiger partial charge in [-0.05, 0) is 70.3 Å². The molecule has 1 aliphatic rings. The van der Waals surface area contributed by atoms with Gasteiger partial charge in [0, 0.05) is 6.04 Å². The Morgan fingerprint density at radius 1 is 1.29 bits per heavy atom. The van der Waals surface area contributed by atoms with Gasteiger partial charge in [-0.25, -0.2) is 4.68 Å². The molecule has 1 heterocycles. The average Bonchev–Trinajstić information content (AvgIpc) is 3.04. The highest BCUT2D eigenvalue weighted by molar-refractivity contribution is 5.93. The predicted molar refractivity (Wildman–Crippen MR) is 111 cm³/mol. The smallest absolute Gasteiger partial charge is 0.273 e. The third-order valence-electron chi connectivity index (χ3n) is 5.09. The molecule has 1 aromatic carbocycles. The SMILES string of the molecule is Cc1c(C(=O)NC2CCCCC2CN)nnn1-c1ccc(OC(C)C)cc1.Cl. The third-order valence-corrected chi connectivity index (χ3v) is 5.09. The first-order valence-corrected chi connectivity index (χ1v) is 9.70. The van der Waals surface area contributed by atoms with E-state index in [9.17, 15) is 4.79 Å². The van der Waals surface area contributed by atoms with Crippen LogP contribution in [0.4, 0.5) is 0 Å². The lowest BCUT2D eigenvalue weighted by molar-refractivity contribution is 0.0902. The first kappa shape index (κ1) is 22.2. The zero-order valence-corrected chi connectivity index (χ0v) is 17.5. The van der Waals surface area contributed by atoms with Crippen molar-refractivity contribution in [2.75, 3.05) is 6.54 Å². The second kappa shape index (κ2) is 9.89. The van der Waals surface area contributed by atoms with Crippen molar-refractivity contribution in [3.8, 4) is 11.4 Å². The summed E-state index contributed by atoms with van der Waals surface area (Å²) in [6, 6.07) is 7.72. The van der Waals surface area contributed by atoms with E-state index >= 15 is 0 Å². The van der Waals surface area contributed by atoms with Crippen molar-refractivity contribution in [1.29, 1.82) is 0 Å². The van der Waals surface area contributed by atoms with Crippen LogP contribution >= 0.6 is 12.4 Å². The zero-order chi connectivity index (χ0) is 19.4. The van der Waals surface area contributed by atoms with Crippen LogP contribution in [0.15, 0.2) is 24.3 Å². The number of carbonyl (C=O) groups excluding carboxylic acids is 1. The van der Waals surface area contributed by atoms with Crippen LogP contribution in [-0.4, -0.2) is 39.6 Å². The predicted octanol–water partition coefficient (Wildman–Crippen LogP) is 3.03. The van der Waals surface area contributed by atoms with Crippen LogP contribution in [0.2, 0.25) is 0 Å². The number of benzene rings is 1. The minimum absolute atomic E-state index is 0. The fourth-order valence-corrected chi connectivity index (χ4v) is 3.64. The summed E-state index contributed by atoms with van der Waals surface area (Å²) in [7, 11) is 0. The number of nitrogens with one attached hydrogen (secondary N) is 1. The van der Waals surface area contributed by atoms with E-state index in [1.54, 1.807) is 4.68 Å². The molecule has 8 heteroatoms. The largest absolute Gasteiger partial charge is 0.491 e. The van der Waals surface area contributed by atoms with Crippen molar-refractivity contribution in [1.82, 2.24) is 20.3 Å². The molecule has 154 valence electrons. The van der Waals surface area contributed by atoms with Gasteiger partial charge in [-0.1, -0.05) is 18.1 Å². The first-order chi connectivity index (χ1) is 13.0. The van der Waals surface area contributed by atoms with Crippen molar-refractivity contribution in [3.05, 3.63) is 35.7 Å². The van der Waals surface area contributed by atoms with Crippen LogP contribution in [0.25, 0.3) is 5.69 Å². The first-order valence-electron chi connectivity index (χ1n) is 9.70. The molecule has 2 unspecified atom stereocenters. The van der Waals surface area contributed by atoms with Crippen LogP contribution < -0.4 is 15.8 Å². The third kappa shape index (κ3) is 5.02. The van der Waals surface area contributed by atoms with E-state index < -0.39 is 0 Å². The summed E-state index contributed by atoms with van der Waals surface area (Å²) in [6.45, 7) is 6.43. The Kier molecular flexibility index (Phi) is 7.83. The number of ether oxygens (including phenoxy) is 1. The summed E-state index contributed by atoms with van der Waals surface area (Å²) in [6.07, 6.45) is 4.46. The summed E-state index contributed by atoms with van der Waals surface area (Å²) >= 11 is 0. The Morgan fingerprint density at radius 3 is 2.61 bits per heavy atom. The molecule has 1 aromatic heterocycles. The second-order valence-corrected chi connectivity index (χ2v) is 7.46. The highest BCUT2D eigenvalue weighted by Gasteiger charge is 2.27. The minimum atomic E-state index is -0.177. The van der Waals surface area contributed by atoms with E-state index in [2.05, 4.69) is 15.6 Å². The van der Waals surface area contributed by atoms with Gasteiger partial charge in [-0.3, -0.25) is 4.79 Å². The molecule has 1 fully saturated rings. The summed E-state index contributed by atoms with van der Waals surface area (Å²) < 4.78 is 7.34. The van der Waals surface area contributed by atoms with Crippen molar-refractivity contribution in [2.24, 2.45) is 11.7 Å². The van der Waals surface area contributed by atoms with E-state index in [4.69, 9.17) is 10.5 Å². The number of nitrogens with two attached hydrogens (primary N) is 1. The van der Waals surface area contributed by atoms with E-state index in [-0.39, 0.29) is 30.5 Å². The van der Waals surface area contributed by atoms with E-state index in [0.717, 1.165) is 30.7 Å². The lowest BCUT2D eigenvalue weighted by Crippen LogP contribution is -2.45. The fourth-order valence-electron chi connectivity index (χ4n) is 3.64. The Balaban J connectivity index is 0.00000280. The quantitative estimate of drug-likeness (QED) is 0.767. The van der Waals surface area contributed by atoms with Crippen LogP contribution in [0.1, 0.15) is 55.7 Å². The van der Waals surface area contributed by atoms with Crippen molar-refractivity contribution in [3.63, 3.8) is 0 Å². The summed E-state index contributed by atoms with van der Waals surface area (Å²) in [4.78, 5) is 12.7. The second-order valence-electron chi connectivity index (χ2n) is 7.46. The van der Waals surface area contributed by atoms with Gasteiger partial charge in [0.15, 0.2) is 5.69 Å². The van der Waals surface area contributed by atoms with Crippen molar-refractivity contribution >= 4 is 18.3 Å². The molecule has 0 aliphatic heterocycles. The molecule has 1 aliphatic carbocycles. The number of hydrogen-bond acceptors (Lipinski definition) is 5. The highest BCUT2D eigenvalue weighted by Crippen LogP contribution is 2.24. The van der Waals surface area contributed by atoms with Gasteiger partial charge in [-0.15, -0.1) is 17.5 Å². The number of halogens is 1.